The van der Waals surface area contributed by atoms with Crippen LogP contribution in [0.25, 0.3) is 0 Å². The fourth-order valence-electron chi connectivity index (χ4n) is 8.24. The molecule has 1 N–H and O–H groups in total. The lowest BCUT2D eigenvalue weighted by molar-refractivity contribution is -0.0563. The van der Waals surface area contributed by atoms with Gasteiger partial charge in [0.15, 0.2) is 0 Å². The van der Waals surface area contributed by atoms with Crippen LogP contribution in [0, 0.1) is 40.4 Å². The highest BCUT2D eigenvalue weighted by Gasteiger charge is 2.58. The van der Waals surface area contributed by atoms with Crippen LogP contribution in [-0.2, 0) is 0 Å². The molecule has 7 atom stereocenters. The molecule has 27 heavy (non-hydrogen) atoms. The Morgan fingerprint density at radius 1 is 1.00 bits per heavy atom. The maximum absolute atomic E-state index is 10.1. The maximum atomic E-state index is 10.1. The van der Waals surface area contributed by atoms with Gasteiger partial charge in [-0.2, -0.15) is 0 Å². The van der Waals surface area contributed by atoms with E-state index in [2.05, 4.69) is 33.8 Å². The first kappa shape index (κ1) is 20.0. The largest absolute Gasteiger partial charge is 0.389 e. The van der Waals surface area contributed by atoms with Crippen LogP contribution in [0.2, 0.25) is 0 Å². The minimum Gasteiger partial charge on any atom is -0.389 e. The van der Waals surface area contributed by atoms with Gasteiger partial charge in [0.1, 0.15) is 0 Å². The lowest BCUT2D eigenvalue weighted by Gasteiger charge is -2.58. The molecule has 4 aliphatic carbocycles. The Balaban J connectivity index is 1.45. The molecule has 0 aromatic rings. The van der Waals surface area contributed by atoms with Crippen molar-refractivity contribution in [1.82, 2.24) is 0 Å². The number of hydrogen-bond acceptors (Lipinski definition) is 1. The molecule has 4 rings (SSSR count). The van der Waals surface area contributed by atoms with Crippen LogP contribution < -0.4 is 0 Å². The minimum absolute atomic E-state index is 0.166. The molecule has 154 valence electrons. The fourth-order valence-corrected chi connectivity index (χ4v) is 8.24. The number of allylic oxidation sites excluding steroid dienone is 1. The molecular weight excluding hydrogens is 328 g/mol. The van der Waals surface area contributed by atoms with Crippen molar-refractivity contribution in [2.24, 2.45) is 40.4 Å². The lowest BCUT2D eigenvalue weighted by atomic mass is 9.46. The summed E-state index contributed by atoms with van der Waals surface area (Å²) < 4.78 is 0. The molecule has 1 heteroatoms. The van der Waals surface area contributed by atoms with E-state index in [0.29, 0.717) is 10.8 Å². The van der Waals surface area contributed by atoms with Gasteiger partial charge in [-0.3, -0.25) is 0 Å². The summed E-state index contributed by atoms with van der Waals surface area (Å²) in [4.78, 5) is 0. The zero-order valence-corrected chi connectivity index (χ0v) is 18.5. The maximum Gasteiger partial charge on any atom is 0.0724 e. The van der Waals surface area contributed by atoms with Gasteiger partial charge in [0.05, 0.1) is 6.10 Å². The standard InChI is InChI=1S/C26H44O/c1-18(2)7-5-6-8-19-10-12-23-22-11-9-20-17-21(27)13-15-26(20,4)24(22)14-16-25(19,23)3/h17-19,21-24,27H,5-16H2,1-4H3. The number of rotatable bonds is 5. The Hall–Kier alpha value is -0.300. The summed E-state index contributed by atoms with van der Waals surface area (Å²) in [5.74, 6) is 4.70. The second-order valence-electron chi connectivity index (χ2n) is 11.6. The Bertz CT molecular complexity index is 563. The summed E-state index contributed by atoms with van der Waals surface area (Å²) in [5, 5.41) is 10.1. The highest BCUT2D eigenvalue weighted by atomic mass is 16.3. The van der Waals surface area contributed by atoms with Gasteiger partial charge in [0, 0.05) is 0 Å². The number of aliphatic hydroxyl groups excluding tert-OH is 1. The van der Waals surface area contributed by atoms with Crippen LogP contribution in [0.3, 0.4) is 0 Å². The van der Waals surface area contributed by atoms with Crippen molar-refractivity contribution in [2.45, 2.75) is 111 Å². The molecule has 0 heterocycles. The summed E-state index contributed by atoms with van der Waals surface area (Å²) in [6, 6.07) is 0. The molecule has 7 unspecified atom stereocenters. The molecule has 0 bridgehead atoms. The normalized spacial score (nSPS) is 46.6. The van der Waals surface area contributed by atoms with Crippen molar-refractivity contribution in [3.63, 3.8) is 0 Å². The summed E-state index contributed by atoms with van der Waals surface area (Å²) in [5.41, 5.74) is 2.65. The minimum atomic E-state index is -0.166. The van der Waals surface area contributed by atoms with E-state index in [1.807, 2.05) is 0 Å². The van der Waals surface area contributed by atoms with Crippen LogP contribution in [0.1, 0.15) is 105 Å². The third-order valence-corrected chi connectivity index (χ3v) is 9.87. The van der Waals surface area contributed by atoms with Gasteiger partial charge < -0.3 is 5.11 Å². The van der Waals surface area contributed by atoms with Gasteiger partial charge in [-0.15, -0.1) is 0 Å². The summed E-state index contributed by atoms with van der Waals surface area (Å²) in [6.07, 6.45) is 18.7. The Morgan fingerprint density at radius 3 is 2.59 bits per heavy atom. The van der Waals surface area contributed by atoms with Crippen molar-refractivity contribution in [3.8, 4) is 0 Å². The molecule has 0 spiro atoms. The van der Waals surface area contributed by atoms with Gasteiger partial charge in [0.2, 0.25) is 0 Å². The van der Waals surface area contributed by atoms with Crippen molar-refractivity contribution in [1.29, 1.82) is 0 Å². The van der Waals surface area contributed by atoms with Crippen LogP contribution in [-0.4, -0.2) is 11.2 Å². The zero-order valence-electron chi connectivity index (χ0n) is 18.5. The molecule has 0 aliphatic heterocycles. The van der Waals surface area contributed by atoms with Gasteiger partial charge >= 0.3 is 0 Å². The van der Waals surface area contributed by atoms with E-state index in [-0.39, 0.29) is 6.10 Å². The van der Waals surface area contributed by atoms with E-state index < -0.39 is 0 Å². The molecule has 0 aromatic heterocycles. The Morgan fingerprint density at radius 2 is 1.81 bits per heavy atom. The second-order valence-corrected chi connectivity index (χ2v) is 11.6. The monoisotopic (exact) mass is 372 g/mol. The number of aliphatic hydroxyl groups is 1. The first-order valence-corrected chi connectivity index (χ1v) is 12.2. The Labute approximate surface area is 168 Å². The van der Waals surface area contributed by atoms with E-state index in [1.165, 1.54) is 70.6 Å². The fraction of sp³-hybridized carbons (Fsp3) is 0.923. The van der Waals surface area contributed by atoms with Gasteiger partial charge in [-0.05, 0) is 98.2 Å². The molecule has 0 amide bonds. The summed E-state index contributed by atoms with van der Waals surface area (Å²) in [6.45, 7) is 9.98. The van der Waals surface area contributed by atoms with E-state index in [0.717, 1.165) is 36.0 Å². The molecule has 3 saturated carbocycles. The number of hydrogen-bond donors (Lipinski definition) is 1. The molecular formula is C26H44O. The zero-order chi connectivity index (χ0) is 19.2. The van der Waals surface area contributed by atoms with E-state index in [4.69, 9.17) is 0 Å². The third kappa shape index (κ3) is 3.45. The third-order valence-electron chi connectivity index (χ3n) is 9.87. The molecule has 3 fully saturated rings. The smallest absolute Gasteiger partial charge is 0.0724 e. The number of unbranched alkanes of at least 4 members (excludes halogenated alkanes) is 1. The van der Waals surface area contributed by atoms with E-state index in [1.54, 1.807) is 5.57 Å². The molecule has 0 saturated heterocycles. The van der Waals surface area contributed by atoms with Gasteiger partial charge in [0.25, 0.3) is 0 Å². The van der Waals surface area contributed by atoms with Gasteiger partial charge in [-0.1, -0.05) is 58.6 Å². The quantitative estimate of drug-likeness (QED) is 0.401. The van der Waals surface area contributed by atoms with E-state index >= 15 is 0 Å². The van der Waals surface area contributed by atoms with E-state index in [9.17, 15) is 5.11 Å². The van der Waals surface area contributed by atoms with Crippen molar-refractivity contribution in [3.05, 3.63) is 11.6 Å². The van der Waals surface area contributed by atoms with Gasteiger partial charge in [-0.25, -0.2) is 0 Å². The van der Waals surface area contributed by atoms with Crippen LogP contribution in [0.4, 0.5) is 0 Å². The second kappa shape index (κ2) is 7.51. The van der Waals surface area contributed by atoms with Crippen LogP contribution in [0.15, 0.2) is 11.6 Å². The number of fused-ring (bicyclic) bond motifs is 5. The topological polar surface area (TPSA) is 20.2 Å². The molecule has 4 aliphatic rings. The first-order valence-electron chi connectivity index (χ1n) is 12.2. The molecule has 1 nitrogen and oxygen atoms in total. The first-order chi connectivity index (χ1) is 12.8. The average Bonchev–Trinajstić information content (AvgIpc) is 2.96. The highest BCUT2D eigenvalue weighted by Crippen LogP contribution is 2.67. The Kier molecular flexibility index (Phi) is 5.56. The highest BCUT2D eigenvalue weighted by molar-refractivity contribution is 5.25. The summed E-state index contributed by atoms with van der Waals surface area (Å²) >= 11 is 0. The average molecular weight is 373 g/mol. The predicted octanol–water partition coefficient (Wildman–Crippen LogP) is 7.14. The van der Waals surface area contributed by atoms with Crippen molar-refractivity contribution in [2.75, 3.05) is 0 Å². The summed E-state index contributed by atoms with van der Waals surface area (Å²) in [7, 11) is 0. The van der Waals surface area contributed by atoms with Crippen LogP contribution >= 0.6 is 0 Å². The van der Waals surface area contributed by atoms with Crippen molar-refractivity contribution >= 4 is 0 Å². The van der Waals surface area contributed by atoms with Crippen molar-refractivity contribution < 1.29 is 5.11 Å². The lowest BCUT2D eigenvalue weighted by Crippen LogP contribution is -2.50. The molecule has 0 aromatic carbocycles. The molecule has 0 radical (unpaired) electrons. The SMILES string of the molecule is CC(C)CCCCC1CCC2C3CCC4=CC(O)CCC4(C)C3CCC12C. The van der Waals surface area contributed by atoms with Crippen LogP contribution in [0.5, 0.6) is 0 Å². The predicted molar refractivity (Wildman–Crippen MR) is 115 cm³/mol.